The predicted molar refractivity (Wildman–Crippen MR) is 87.3 cm³/mol. The second kappa shape index (κ2) is 5.28. The van der Waals surface area contributed by atoms with Crippen LogP contribution in [0.3, 0.4) is 0 Å². The highest BCUT2D eigenvalue weighted by Crippen LogP contribution is 2.37. The summed E-state index contributed by atoms with van der Waals surface area (Å²) in [5, 5.41) is 0. The fourth-order valence-corrected chi connectivity index (χ4v) is 3.74. The molecule has 0 aromatic heterocycles. The molecule has 2 aliphatic rings. The van der Waals surface area contributed by atoms with Crippen LogP contribution in [0.1, 0.15) is 35.6 Å². The molecule has 0 spiro atoms. The molecule has 2 aromatic carbocycles. The lowest BCUT2D eigenvalue weighted by Gasteiger charge is -2.21. The van der Waals surface area contributed by atoms with E-state index in [0.717, 1.165) is 13.0 Å². The smallest absolute Gasteiger partial charge is 0.0424 e. The molecule has 1 saturated heterocycles. The van der Waals surface area contributed by atoms with Crippen molar-refractivity contribution in [3.8, 4) is 11.1 Å². The van der Waals surface area contributed by atoms with Gasteiger partial charge >= 0.3 is 0 Å². The average Bonchev–Trinajstić information content (AvgIpc) is 3.13. The number of nitrogens with two attached hydrogens (primary N) is 1. The van der Waals surface area contributed by atoms with Crippen LogP contribution in [0.15, 0.2) is 42.5 Å². The maximum Gasteiger partial charge on any atom is 0.0424 e. The quantitative estimate of drug-likeness (QED) is 0.796. The van der Waals surface area contributed by atoms with Crippen LogP contribution in [0, 0.1) is 0 Å². The molecule has 108 valence electrons. The van der Waals surface area contributed by atoms with Crippen molar-refractivity contribution in [2.75, 3.05) is 19.6 Å². The largest absolute Gasteiger partial charge is 0.323 e. The minimum absolute atomic E-state index is 0.136. The van der Waals surface area contributed by atoms with Gasteiger partial charge in [0.1, 0.15) is 0 Å². The topological polar surface area (TPSA) is 29.3 Å². The molecule has 1 heterocycles. The van der Waals surface area contributed by atoms with Crippen LogP contribution < -0.4 is 5.73 Å². The van der Waals surface area contributed by atoms with Gasteiger partial charge in [0.05, 0.1) is 0 Å². The Hall–Kier alpha value is -1.64. The normalized spacial score (nSPS) is 18.5. The van der Waals surface area contributed by atoms with Crippen molar-refractivity contribution in [1.29, 1.82) is 0 Å². The number of hydrogen-bond donors (Lipinski definition) is 1. The Morgan fingerprint density at radius 3 is 2.57 bits per heavy atom. The summed E-state index contributed by atoms with van der Waals surface area (Å²) in [5.74, 6) is 0. The molecule has 21 heavy (non-hydrogen) atoms. The molecule has 0 amide bonds. The summed E-state index contributed by atoms with van der Waals surface area (Å²) in [6, 6.07) is 15.7. The molecule has 0 radical (unpaired) electrons. The highest BCUT2D eigenvalue weighted by molar-refractivity contribution is 5.76. The van der Waals surface area contributed by atoms with Crippen LogP contribution in [-0.2, 0) is 6.42 Å². The van der Waals surface area contributed by atoms with Crippen molar-refractivity contribution >= 4 is 0 Å². The molecule has 1 unspecified atom stereocenters. The summed E-state index contributed by atoms with van der Waals surface area (Å²) in [5.41, 5.74) is 13.4. The zero-order valence-electron chi connectivity index (χ0n) is 12.4. The third kappa shape index (κ3) is 2.39. The van der Waals surface area contributed by atoms with Gasteiger partial charge < -0.3 is 10.6 Å². The molecule has 1 atom stereocenters. The van der Waals surface area contributed by atoms with E-state index >= 15 is 0 Å². The fraction of sp³-hybridized carbons (Fsp3) is 0.368. The van der Waals surface area contributed by atoms with E-state index in [1.54, 1.807) is 0 Å². The summed E-state index contributed by atoms with van der Waals surface area (Å²) >= 11 is 0. The van der Waals surface area contributed by atoms with Gasteiger partial charge in [0.15, 0.2) is 0 Å². The Morgan fingerprint density at radius 1 is 0.952 bits per heavy atom. The first kappa shape index (κ1) is 13.1. The average molecular weight is 278 g/mol. The fourth-order valence-electron chi connectivity index (χ4n) is 3.74. The summed E-state index contributed by atoms with van der Waals surface area (Å²) in [7, 11) is 0. The van der Waals surface area contributed by atoms with Crippen molar-refractivity contribution in [1.82, 2.24) is 4.90 Å². The van der Waals surface area contributed by atoms with Crippen LogP contribution >= 0.6 is 0 Å². The lowest BCUT2D eigenvalue weighted by atomic mass is 9.99. The molecule has 4 rings (SSSR count). The Balaban J connectivity index is 1.58. The van der Waals surface area contributed by atoms with E-state index in [0.29, 0.717) is 0 Å². The number of benzene rings is 2. The van der Waals surface area contributed by atoms with E-state index in [2.05, 4.69) is 47.4 Å². The minimum Gasteiger partial charge on any atom is -0.323 e. The Kier molecular flexibility index (Phi) is 3.28. The standard InChI is InChI=1S/C19H22N2/c20-19(13-21-9-3-4-10-21)15-7-8-18-16(12-15)11-14-5-1-2-6-17(14)18/h1-2,5-8,12,19H,3-4,9-11,13,20H2. The monoisotopic (exact) mass is 278 g/mol. The van der Waals surface area contributed by atoms with Crippen LogP contribution in [0.5, 0.6) is 0 Å². The van der Waals surface area contributed by atoms with Crippen molar-refractivity contribution in [2.45, 2.75) is 25.3 Å². The Bertz CT molecular complexity index is 656. The molecular weight excluding hydrogens is 256 g/mol. The Morgan fingerprint density at radius 2 is 1.71 bits per heavy atom. The predicted octanol–water partition coefficient (Wildman–Crippen LogP) is 3.35. The number of likely N-dealkylation sites (tertiary alicyclic amines) is 1. The number of nitrogens with zero attached hydrogens (tertiary/aromatic N) is 1. The van der Waals surface area contributed by atoms with Crippen LogP contribution in [-0.4, -0.2) is 24.5 Å². The van der Waals surface area contributed by atoms with Crippen molar-refractivity contribution < 1.29 is 0 Å². The van der Waals surface area contributed by atoms with Gasteiger partial charge in [-0.25, -0.2) is 0 Å². The molecule has 1 fully saturated rings. The molecule has 1 aliphatic heterocycles. The van der Waals surface area contributed by atoms with Gasteiger partial charge in [-0.1, -0.05) is 42.5 Å². The highest BCUT2D eigenvalue weighted by atomic mass is 15.1. The SMILES string of the molecule is NC(CN1CCCC1)c1ccc2c(c1)Cc1ccccc1-2. The van der Waals surface area contributed by atoms with Crippen LogP contribution in [0.4, 0.5) is 0 Å². The van der Waals surface area contributed by atoms with Gasteiger partial charge in [-0.2, -0.15) is 0 Å². The molecule has 0 saturated carbocycles. The second-order valence-electron chi connectivity index (χ2n) is 6.36. The number of fused-ring (bicyclic) bond motifs is 3. The third-order valence-corrected chi connectivity index (χ3v) is 4.90. The van der Waals surface area contributed by atoms with E-state index in [1.807, 2.05) is 0 Å². The molecule has 2 aromatic rings. The summed E-state index contributed by atoms with van der Waals surface area (Å²) in [4.78, 5) is 2.49. The summed E-state index contributed by atoms with van der Waals surface area (Å²) < 4.78 is 0. The van der Waals surface area contributed by atoms with E-state index in [-0.39, 0.29) is 6.04 Å². The minimum atomic E-state index is 0.136. The third-order valence-electron chi connectivity index (χ3n) is 4.90. The first-order chi connectivity index (χ1) is 10.3. The summed E-state index contributed by atoms with van der Waals surface area (Å²) in [6.07, 6.45) is 3.70. The first-order valence-corrected chi connectivity index (χ1v) is 8.00. The lowest BCUT2D eigenvalue weighted by Crippen LogP contribution is -2.29. The lowest BCUT2D eigenvalue weighted by molar-refractivity contribution is 0.316. The Labute approximate surface area is 126 Å². The molecule has 2 N–H and O–H groups in total. The van der Waals surface area contributed by atoms with E-state index in [1.165, 1.54) is 53.7 Å². The van der Waals surface area contributed by atoms with Crippen LogP contribution in [0.25, 0.3) is 11.1 Å². The van der Waals surface area contributed by atoms with Gasteiger partial charge in [-0.3, -0.25) is 0 Å². The van der Waals surface area contributed by atoms with E-state index in [4.69, 9.17) is 5.73 Å². The van der Waals surface area contributed by atoms with Gasteiger partial charge in [0, 0.05) is 12.6 Å². The van der Waals surface area contributed by atoms with E-state index < -0.39 is 0 Å². The number of hydrogen-bond acceptors (Lipinski definition) is 2. The highest BCUT2D eigenvalue weighted by Gasteiger charge is 2.20. The molecule has 0 bridgehead atoms. The molecular formula is C19H22N2. The van der Waals surface area contributed by atoms with Gasteiger partial charge in [0.2, 0.25) is 0 Å². The summed E-state index contributed by atoms with van der Waals surface area (Å²) in [6.45, 7) is 3.42. The van der Waals surface area contributed by atoms with Crippen molar-refractivity contribution in [3.63, 3.8) is 0 Å². The zero-order chi connectivity index (χ0) is 14.2. The van der Waals surface area contributed by atoms with Gasteiger partial charge in [-0.15, -0.1) is 0 Å². The van der Waals surface area contributed by atoms with Crippen molar-refractivity contribution in [2.24, 2.45) is 5.73 Å². The van der Waals surface area contributed by atoms with Gasteiger partial charge in [0.25, 0.3) is 0 Å². The van der Waals surface area contributed by atoms with Gasteiger partial charge in [-0.05, 0) is 60.2 Å². The second-order valence-corrected chi connectivity index (χ2v) is 6.36. The maximum absolute atomic E-state index is 6.43. The van der Waals surface area contributed by atoms with Crippen LogP contribution in [0.2, 0.25) is 0 Å². The molecule has 2 heteroatoms. The molecule has 2 nitrogen and oxygen atoms in total. The molecule has 1 aliphatic carbocycles. The number of rotatable bonds is 3. The maximum atomic E-state index is 6.43. The first-order valence-electron chi connectivity index (χ1n) is 8.00. The van der Waals surface area contributed by atoms with Crippen molar-refractivity contribution in [3.05, 3.63) is 59.2 Å². The zero-order valence-corrected chi connectivity index (χ0v) is 12.4. The van der Waals surface area contributed by atoms with E-state index in [9.17, 15) is 0 Å².